The lowest BCUT2D eigenvalue weighted by Crippen LogP contribution is -1.99. The molecule has 0 atom stereocenters. The smallest absolute Gasteiger partial charge is 0.305 e. The first-order valence-electron chi connectivity index (χ1n) is 11.3. The van der Waals surface area contributed by atoms with Gasteiger partial charge in [0.2, 0.25) is 0 Å². The van der Waals surface area contributed by atoms with E-state index in [1.54, 1.807) is 0 Å². The first-order valence-corrected chi connectivity index (χ1v) is 11.3. The molecule has 0 saturated carbocycles. The molecule has 0 heterocycles. The standard InChI is InChI=1S/C23H44O3/c1-3-4-5-6-7-8-10-13-16-19-22(24)20-17-14-11-9-12-15-18-21-23(25)26-2/h3-21H2,1-2H3. The lowest BCUT2D eigenvalue weighted by molar-refractivity contribution is -0.140. The van der Waals surface area contributed by atoms with Crippen molar-refractivity contribution in [1.29, 1.82) is 0 Å². The maximum atomic E-state index is 11.9. The van der Waals surface area contributed by atoms with Crippen LogP contribution in [0.3, 0.4) is 0 Å². The van der Waals surface area contributed by atoms with Gasteiger partial charge in [0.05, 0.1) is 7.11 Å². The van der Waals surface area contributed by atoms with Crippen LogP contribution in [0.25, 0.3) is 0 Å². The van der Waals surface area contributed by atoms with E-state index in [2.05, 4.69) is 11.7 Å². The molecule has 0 bridgehead atoms. The van der Waals surface area contributed by atoms with Crippen LogP contribution in [0.5, 0.6) is 0 Å². The van der Waals surface area contributed by atoms with Gasteiger partial charge in [-0.1, -0.05) is 90.4 Å². The summed E-state index contributed by atoms with van der Waals surface area (Å²) in [5.74, 6) is 0.363. The van der Waals surface area contributed by atoms with Crippen LogP contribution >= 0.6 is 0 Å². The minimum absolute atomic E-state index is 0.101. The number of ketones is 1. The number of rotatable bonds is 20. The van der Waals surface area contributed by atoms with Gasteiger partial charge in [0, 0.05) is 19.3 Å². The summed E-state index contributed by atoms with van der Waals surface area (Å²) in [5, 5.41) is 0. The summed E-state index contributed by atoms with van der Waals surface area (Å²) >= 11 is 0. The fraction of sp³-hybridized carbons (Fsp3) is 0.913. The van der Waals surface area contributed by atoms with Crippen LogP contribution in [0, 0.1) is 0 Å². The molecule has 0 aliphatic heterocycles. The van der Waals surface area contributed by atoms with Crippen LogP contribution in [0.1, 0.15) is 129 Å². The van der Waals surface area contributed by atoms with E-state index >= 15 is 0 Å². The highest BCUT2D eigenvalue weighted by atomic mass is 16.5. The molecule has 0 amide bonds. The lowest BCUT2D eigenvalue weighted by atomic mass is 10.0. The number of hydrogen-bond donors (Lipinski definition) is 0. The Morgan fingerprint density at radius 1 is 0.538 bits per heavy atom. The molecule has 0 aliphatic carbocycles. The molecule has 0 saturated heterocycles. The highest BCUT2D eigenvalue weighted by Gasteiger charge is 2.02. The Labute approximate surface area is 162 Å². The van der Waals surface area contributed by atoms with E-state index in [1.807, 2.05) is 0 Å². The summed E-state index contributed by atoms with van der Waals surface area (Å²) in [6.45, 7) is 2.26. The number of carbonyl (C=O) groups is 2. The number of esters is 1. The van der Waals surface area contributed by atoms with E-state index in [4.69, 9.17) is 0 Å². The van der Waals surface area contributed by atoms with E-state index < -0.39 is 0 Å². The number of unbranched alkanes of at least 4 members (excludes halogenated alkanes) is 14. The van der Waals surface area contributed by atoms with Crippen molar-refractivity contribution in [3.63, 3.8) is 0 Å². The molecule has 154 valence electrons. The predicted octanol–water partition coefficient (Wildman–Crippen LogP) is 7.16. The number of hydrogen-bond acceptors (Lipinski definition) is 3. The van der Waals surface area contributed by atoms with E-state index in [0.717, 1.165) is 38.5 Å². The molecule has 0 rings (SSSR count). The summed E-state index contributed by atoms with van der Waals surface area (Å²) in [4.78, 5) is 22.8. The monoisotopic (exact) mass is 368 g/mol. The molecule has 0 aromatic rings. The third-order valence-corrected chi connectivity index (χ3v) is 5.12. The second-order valence-electron chi connectivity index (χ2n) is 7.67. The Hall–Kier alpha value is -0.860. The summed E-state index contributed by atoms with van der Waals surface area (Å²) in [7, 11) is 1.44. The Morgan fingerprint density at radius 3 is 1.27 bits per heavy atom. The van der Waals surface area contributed by atoms with Gasteiger partial charge in [-0.2, -0.15) is 0 Å². The van der Waals surface area contributed by atoms with Crippen molar-refractivity contribution in [3.05, 3.63) is 0 Å². The second-order valence-corrected chi connectivity index (χ2v) is 7.67. The molecule has 0 aromatic heterocycles. The van der Waals surface area contributed by atoms with Gasteiger partial charge in [0.25, 0.3) is 0 Å². The molecule has 0 aromatic carbocycles. The van der Waals surface area contributed by atoms with Gasteiger partial charge < -0.3 is 4.74 Å². The van der Waals surface area contributed by atoms with Gasteiger partial charge in [-0.25, -0.2) is 0 Å². The summed E-state index contributed by atoms with van der Waals surface area (Å²) < 4.78 is 4.63. The van der Waals surface area contributed by atoms with Crippen LogP contribution in [0.4, 0.5) is 0 Å². The molecule has 0 unspecified atom stereocenters. The lowest BCUT2D eigenvalue weighted by Gasteiger charge is -2.03. The van der Waals surface area contributed by atoms with Gasteiger partial charge in [0.15, 0.2) is 0 Å². The SMILES string of the molecule is CCCCCCCCCCCC(=O)CCCCCCCCCC(=O)OC. The van der Waals surface area contributed by atoms with Crippen molar-refractivity contribution < 1.29 is 14.3 Å². The van der Waals surface area contributed by atoms with Crippen molar-refractivity contribution in [2.75, 3.05) is 7.11 Å². The molecule has 0 radical (unpaired) electrons. The van der Waals surface area contributed by atoms with Crippen LogP contribution in [0.2, 0.25) is 0 Å². The minimum atomic E-state index is -0.101. The summed E-state index contributed by atoms with van der Waals surface area (Å²) in [5.41, 5.74) is 0. The maximum absolute atomic E-state index is 11.9. The minimum Gasteiger partial charge on any atom is -0.469 e. The largest absolute Gasteiger partial charge is 0.469 e. The van der Waals surface area contributed by atoms with Crippen LogP contribution in [-0.2, 0) is 14.3 Å². The fourth-order valence-electron chi connectivity index (χ4n) is 3.34. The van der Waals surface area contributed by atoms with Crippen molar-refractivity contribution >= 4 is 11.8 Å². The third kappa shape index (κ3) is 19.5. The second kappa shape index (κ2) is 20.5. The van der Waals surface area contributed by atoms with Crippen LogP contribution in [-0.4, -0.2) is 18.9 Å². The Morgan fingerprint density at radius 2 is 0.885 bits per heavy atom. The van der Waals surface area contributed by atoms with Crippen molar-refractivity contribution in [2.45, 2.75) is 129 Å². The van der Waals surface area contributed by atoms with E-state index in [-0.39, 0.29) is 5.97 Å². The predicted molar refractivity (Wildman–Crippen MR) is 110 cm³/mol. The van der Waals surface area contributed by atoms with Crippen molar-refractivity contribution in [3.8, 4) is 0 Å². The summed E-state index contributed by atoms with van der Waals surface area (Å²) in [6, 6.07) is 0. The maximum Gasteiger partial charge on any atom is 0.305 e. The molecule has 26 heavy (non-hydrogen) atoms. The Balaban J connectivity index is 3.19. The molecular weight excluding hydrogens is 324 g/mol. The zero-order valence-electron chi connectivity index (χ0n) is 17.7. The van der Waals surface area contributed by atoms with Gasteiger partial charge in [-0.15, -0.1) is 0 Å². The number of carbonyl (C=O) groups excluding carboxylic acids is 2. The normalized spacial score (nSPS) is 10.8. The number of ether oxygens (including phenoxy) is 1. The van der Waals surface area contributed by atoms with Crippen LogP contribution in [0.15, 0.2) is 0 Å². The average molecular weight is 369 g/mol. The molecule has 3 heteroatoms. The van der Waals surface area contributed by atoms with E-state index in [0.29, 0.717) is 12.2 Å². The molecule has 0 N–H and O–H groups in total. The molecule has 0 spiro atoms. The quantitative estimate of drug-likeness (QED) is 0.169. The highest BCUT2D eigenvalue weighted by molar-refractivity contribution is 5.78. The van der Waals surface area contributed by atoms with Crippen molar-refractivity contribution in [1.82, 2.24) is 0 Å². The van der Waals surface area contributed by atoms with Gasteiger partial charge in [0.1, 0.15) is 5.78 Å². The first-order chi connectivity index (χ1) is 12.7. The zero-order valence-corrected chi connectivity index (χ0v) is 17.7. The molecular formula is C23H44O3. The molecule has 0 fully saturated rings. The van der Waals surface area contributed by atoms with E-state index in [9.17, 15) is 9.59 Å². The van der Waals surface area contributed by atoms with E-state index in [1.165, 1.54) is 84.2 Å². The highest BCUT2D eigenvalue weighted by Crippen LogP contribution is 2.13. The van der Waals surface area contributed by atoms with Crippen molar-refractivity contribution in [2.24, 2.45) is 0 Å². The first kappa shape index (κ1) is 25.1. The zero-order chi connectivity index (χ0) is 19.3. The Bertz CT molecular complexity index is 325. The van der Waals surface area contributed by atoms with Crippen LogP contribution < -0.4 is 0 Å². The number of methoxy groups -OCH3 is 1. The third-order valence-electron chi connectivity index (χ3n) is 5.12. The van der Waals surface area contributed by atoms with Gasteiger partial charge in [-0.3, -0.25) is 9.59 Å². The summed E-state index contributed by atoms with van der Waals surface area (Å²) in [6.07, 6.45) is 21.8. The average Bonchev–Trinajstić information content (AvgIpc) is 2.65. The molecule has 3 nitrogen and oxygen atoms in total. The van der Waals surface area contributed by atoms with Gasteiger partial charge >= 0.3 is 5.97 Å². The topological polar surface area (TPSA) is 43.4 Å². The van der Waals surface area contributed by atoms with Gasteiger partial charge in [-0.05, 0) is 19.3 Å². The fourth-order valence-corrected chi connectivity index (χ4v) is 3.34. The number of Topliss-reactive ketones (excluding diaryl/α,β-unsaturated/α-hetero) is 1. The Kier molecular flexibility index (Phi) is 19.8. The molecule has 0 aliphatic rings.